The van der Waals surface area contributed by atoms with E-state index in [1.807, 2.05) is 13.8 Å². The molecule has 0 fully saturated rings. The van der Waals surface area contributed by atoms with Crippen LogP contribution in [0.2, 0.25) is 0 Å². The van der Waals surface area contributed by atoms with Crippen LogP contribution in [0.15, 0.2) is 35.4 Å². The highest BCUT2D eigenvalue weighted by atomic mass is 16.6. The van der Waals surface area contributed by atoms with E-state index in [0.29, 0.717) is 41.9 Å². The first kappa shape index (κ1) is 19.3. The van der Waals surface area contributed by atoms with Gasteiger partial charge in [-0.1, -0.05) is 0 Å². The molecule has 0 bridgehead atoms. The Bertz CT molecular complexity index is 1110. The summed E-state index contributed by atoms with van der Waals surface area (Å²) in [5, 5.41) is 10.9. The van der Waals surface area contributed by atoms with Gasteiger partial charge in [0, 0.05) is 25.3 Å². The van der Waals surface area contributed by atoms with Crippen molar-refractivity contribution < 1.29 is 9.66 Å². The lowest BCUT2D eigenvalue weighted by molar-refractivity contribution is -0.384. The highest BCUT2D eigenvalue weighted by Crippen LogP contribution is 2.38. The largest absolute Gasteiger partial charge is 0.379 e. The van der Waals surface area contributed by atoms with Crippen molar-refractivity contribution in [2.24, 2.45) is 0 Å². The summed E-state index contributed by atoms with van der Waals surface area (Å²) in [6.07, 6.45) is 2.00. The maximum atomic E-state index is 12.5. The summed E-state index contributed by atoms with van der Waals surface area (Å²) in [6.45, 7) is 12.4. The standard InChI is InChI=1S/C19H19N5O4/c1-12(2)28-10-4-9-23-17(13-5-7-14(8-6-13)24(26)27)15(20-3)16-18(23)19(25)22-11-21-16/h5-8,11-12H,4,9-10H2,1-2H3,(H,21,22,25). The minimum atomic E-state index is -0.482. The van der Waals surface area contributed by atoms with Crippen molar-refractivity contribution in [2.45, 2.75) is 32.9 Å². The second-order valence-corrected chi connectivity index (χ2v) is 6.47. The number of aromatic amines is 1. The van der Waals surface area contributed by atoms with Gasteiger partial charge in [-0.25, -0.2) is 9.83 Å². The number of aromatic nitrogens is 3. The SMILES string of the molecule is [C-]#[N+]c1c(-c2ccc([N+](=O)[O-])cc2)n(CCCOC(C)C)c2c(=O)[nH]cnc12. The van der Waals surface area contributed by atoms with Crippen molar-refractivity contribution in [1.82, 2.24) is 14.5 Å². The minimum absolute atomic E-state index is 0.0444. The lowest BCUT2D eigenvalue weighted by Gasteiger charge is -2.12. The molecular formula is C19H19N5O4. The predicted octanol–water partition coefficient (Wildman–Crippen LogP) is 3.67. The van der Waals surface area contributed by atoms with Crippen LogP contribution in [-0.4, -0.2) is 32.2 Å². The third-order valence-electron chi connectivity index (χ3n) is 4.26. The first-order chi connectivity index (χ1) is 13.4. The second kappa shape index (κ2) is 8.02. The molecule has 1 N–H and O–H groups in total. The smallest absolute Gasteiger partial charge is 0.273 e. The van der Waals surface area contributed by atoms with Gasteiger partial charge >= 0.3 is 0 Å². The number of H-pyrrole nitrogens is 1. The van der Waals surface area contributed by atoms with E-state index in [-0.39, 0.29) is 23.0 Å². The van der Waals surface area contributed by atoms with Crippen molar-refractivity contribution in [3.8, 4) is 11.3 Å². The van der Waals surface area contributed by atoms with E-state index in [9.17, 15) is 14.9 Å². The van der Waals surface area contributed by atoms with Crippen LogP contribution >= 0.6 is 0 Å². The molecule has 2 heterocycles. The van der Waals surface area contributed by atoms with Crippen LogP contribution in [0.5, 0.6) is 0 Å². The molecule has 0 amide bonds. The second-order valence-electron chi connectivity index (χ2n) is 6.47. The molecule has 9 nitrogen and oxygen atoms in total. The quantitative estimate of drug-likeness (QED) is 0.291. The van der Waals surface area contributed by atoms with Gasteiger partial charge in [0.1, 0.15) is 11.0 Å². The van der Waals surface area contributed by atoms with E-state index in [0.717, 1.165) is 0 Å². The molecule has 0 unspecified atom stereocenters. The van der Waals surface area contributed by atoms with E-state index < -0.39 is 4.92 Å². The Morgan fingerprint density at radius 3 is 2.68 bits per heavy atom. The number of hydrogen-bond acceptors (Lipinski definition) is 5. The number of nitrogens with zero attached hydrogens (tertiary/aromatic N) is 4. The minimum Gasteiger partial charge on any atom is -0.379 e. The van der Waals surface area contributed by atoms with E-state index in [1.54, 1.807) is 16.7 Å². The maximum Gasteiger partial charge on any atom is 0.273 e. The monoisotopic (exact) mass is 381 g/mol. The van der Waals surface area contributed by atoms with Crippen molar-refractivity contribution in [2.75, 3.05) is 6.61 Å². The van der Waals surface area contributed by atoms with Crippen LogP contribution in [0.3, 0.4) is 0 Å². The van der Waals surface area contributed by atoms with Crippen LogP contribution < -0.4 is 5.56 Å². The zero-order chi connectivity index (χ0) is 20.3. The highest BCUT2D eigenvalue weighted by Gasteiger charge is 2.22. The molecule has 0 aliphatic heterocycles. The van der Waals surface area contributed by atoms with Crippen molar-refractivity contribution in [3.05, 3.63) is 62.5 Å². The zero-order valence-electron chi connectivity index (χ0n) is 15.5. The van der Waals surface area contributed by atoms with Crippen LogP contribution in [-0.2, 0) is 11.3 Å². The van der Waals surface area contributed by atoms with Crippen molar-refractivity contribution in [1.29, 1.82) is 0 Å². The number of fused-ring (bicyclic) bond motifs is 1. The number of aryl methyl sites for hydroxylation is 1. The molecular weight excluding hydrogens is 362 g/mol. The van der Waals surface area contributed by atoms with Gasteiger partial charge in [-0.2, -0.15) is 0 Å². The van der Waals surface area contributed by atoms with E-state index in [2.05, 4.69) is 14.8 Å². The fourth-order valence-electron chi connectivity index (χ4n) is 3.07. The third-order valence-corrected chi connectivity index (χ3v) is 4.26. The van der Waals surface area contributed by atoms with Gasteiger partial charge in [0.2, 0.25) is 5.69 Å². The molecule has 0 aliphatic carbocycles. The fourth-order valence-corrected chi connectivity index (χ4v) is 3.07. The zero-order valence-corrected chi connectivity index (χ0v) is 15.5. The molecule has 144 valence electrons. The highest BCUT2D eigenvalue weighted by molar-refractivity contribution is 5.99. The number of benzene rings is 1. The lowest BCUT2D eigenvalue weighted by Crippen LogP contribution is -2.14. The van der Waals surface area contributed by atoms with Crippen molar-refractivity contribution >= 4 is 22.4 Å². The van der Waals surface area contributed by atoms with Crippen molar-refractivity contribution in [3.63, 3.8) is 0 Å². The van der Waals surface area contributed by atoms with Gasteiger partial charge in [-0.15, -0.1) is 0 Å². The van der Waals surface area contributed by atoms with E-state index in [1.165, 1.54) is 18.5 Å². The first-order valence-electron chi connectivity index (χ1n) is 8.77. The topological polar surface area (TPSA) is 107 Å². The van der Waals surface area contributed by atoms with Gasteiger partial charge in [0.05, 0.1) is 29.6 Å². The Morgan fingerprint density at radius 1 is 1.36 bits per heavy atom. The number of non-ortho nitro benzene ring substituents is 1. The summed E-state index contributed by atoms with van der Waals surface area (Å²) in [5.74, 6) is 0. The van der Waals surface area contributed by atoms with Gasteiger partial charge < -0.3 is 14.3 Å². The number of hydrogen-bond donors (Lipinski definition) is 1. The van der Waals surface area contributed by atoms with E-state index >= 15 is 0 Å². The van der Waals surface area contributed by atoms with Gasteiger partial charge in [-0.05, 0) is 38.0 Å². The summed E-state index contributed by atoms with van der Waals surface area (Å²) >= 11 is 0. The number of rotatable bonds is 7. The average Bonchev–Trinajstić information content (AvgIpc) is 2.99. The Balaban J connectivity index is 2.15. The number of nitro groups is 1. The third kappa shape index (κ3) is 3.63. The fraction of sp³-hybridized carbons (Fsp3) is 0.316. The number of nitro benzene ring substituents is 1. The molecule has 28 heavy (non-hydrogen) atoms. The molecule has 0 saturated carbocycles. The van der Waals surface area contributed by atoms with Gasteiger partial charge in [-0.3, -0.25) is 14.9 Å². The Hall–Kier alpha value is -3.51. The molecule has 0 spiro atoms. The number of nitrogens with one attached hydrogen (secondary N) is 1. The molecule has 0 atom stereocenters. The average molecular weight is 381 g/mol. The van der Waals surface area contributed by atoms with E-state index in [4.69, 9.17) is 11.3 Å². The van der Waals surface area contributed by atoms with Gasteiger partial charge in [0.25, 0.3) is 11.2 Å². The summed E-state index contributed by atoms with van der Waals surface area (Å²) in [5.41, 5.74) is 1.63. The summed E-state index contributed by atoms with van der Waals surface area (Å²) < 4.78 is 7.33. The number of ether oxygens (including phenoxy) is 1. The van der Waals surface area contributed by atoms with Gasteiger partial charge in [0.15, 0.2) is 0 Å². The summed E-state index contributed by atoms with van der Waals surface area (Å²) in [7, 11) is 0. The van der Waals surface area contributed by atoms with Crippen LogP contribution in [0.1, 0.15) is 20.3 Å². The molecule has 0 radical (unpaired) electrons. The first-order valence-corrected chi connectivity index (χ1v) is 8.77. The molecule has 1 aromatic carbocycles. The van der Waals surface area contributed by atoms with Crippen LogP contribution in [0.4, 0.5) is 11.4 Å². The summed E-state index contributed by atoms with van der Waals surface area (Å²) in [4.78, 5) is 33.3. The van der Waals surface area contributed by atoms with Crippen LogP contribution in [0.25, 0.3) is 27.1 Å². The molecule has 3 rings (SSSR count). The van der Waals surface area contributed by atoms with Crippen LogP contribution in [0, 0.1) is 16.7 Å². The molecule has 3 aromatic rings. The Labute approximate surface area is 160 Å². The molecule has 0 aliphatic rings. The normalized spacial score (nSPS) is 11.1. The Morgan fingerprint density at radius 2 is 2.07 bits per heavy atom. The molecule has 2 aromatic heterocycles. The molecule has 0 saturated heterocycles. The lowest BCUT2D eigenvalue weighted by atomic mass is 10.1. The maximum absolute atomic E-state index is 12.5. The molecule has 9 heteroatoms. The predicted molar refractivity (Wildman–Crippen MR) is 104 cm³/mol. The Kier molecular flexibility index (Phi) is 5.52. The summed E-state index contributed by atoms with van der Waals surface area (Å²) in [6, 6.07) is 5.92.